The number of aliphatic carboxylic acids is 1. The smallest absolute Gasteiger partial charge is 0.305 e. The Balaban J connectivity index is 1.71. The highest BCUT2D eigenvalue weighted by Gasteiger charge is 2.27. The van der Waals surface area contributed by atoms with Crippen LogP contribution in [0.5, 0.6) is 0 Å². The number of pyridine rings is 2. The first-order valence-corrected chi connectivity index (χ1v) is 10.6. The first kappa shape index (κ1) is 20.8. The van der Waals surface area contributed by atoms with Crippen molar-refractivity contribution in [3.63, 3.8) is 0 Å². The molecule has 0 saturated carbocycles. The van der Waals surface area contributed by atoms with Crippen LogP contribution >= 0.6 is 23.2 Å². The number of halogens is 2. The lowest BCUT2D eigenvalue weighted by Gasteiger charge is -2.27. The molecule has 0 unspecified atom stereocenters. The van der Waals surface area contributed by atoms with E-state index in [0.29, 0.717) is 22.2 Å². The molecular weight excluding hydrogens is 425 g/mol. The van der Waals surface area contributed by atoms with Gasteiger partial charge in [-0.25, -0.2) is 4.98 Å². The van der Waals surface area contributed by atoms with Crippen LogP contribution < -0.4 is 4.90 Å². The number of hydrogen-bond donors (Lipinski definition) is 1. The zero-order chi connectivity index (χ0) is 21.1. The molecule has 3 aromatic rings. The van der Waals surface area contributed by atoms with Crippen LogP contribution in [0.4, 0.5) is 5.82 Å². The monoisotopic (exact) mass is 445 g/mol. The molecule has 0 aliphatic carbocycles. The molecule has 0 radical (unpaired) electrons. The first-order valence-electron chi connectivity index (χ1n) is 9.80. The molecule has 1 saturated heterocycles. The van der Waals surface area contributed by atoms with E-state index in [1.165, 1.54) is 0 Å². The van der Waals surface area contributed by atoms with Crippen LogP contribution in [0.2, 0.25) is 10.0 Å². The standard InChI is InChI=1S/C22H21Cl2N3O3/c23-18-6-5-16-17(14-3-1-8-25-12-14)11-19(26-22(16)21(18)24)27-9-2-4-15(27)13-30-10-7-20(28)29/h1,3,5-6,8,11-12,15H,2,4,7,9-10,13H2,(H,28,29)/t15-/m0/s1. The van der Waals surface area contributed by atoms with Crippen molar-refractivity contribution in [2.75, 3.05) is 24.7 Å². The van der Waals surface area contributed by atoms with Gasteiger partial charge in [-0.3, -0.25) is 9.78 Å². The number of anilines is 1. The van der Waals surface area contributed by atoms with Crippen molar-refractivity contribution < 1.29 is 14.6 Å². The Morgan fingerprint density at radius 3 is 2.93 bits per heavy atom. The molecule has 8 heteroatoms. The quantitative estimate of drug-likeness (QED) is 0.511. The van der Waals surface area contributed by atoms with Gasteiger partial charge in [-0.15, -0.1) is 0 Å². The molecule has 1 fully saturated rings. The van der Waals surface area contributed by atoms with Crippen LogP contribution in [-0.2, 0) is 9.53 Å². The topological polar surface area (TPSA) is 75.6 Å². The van der Waals surface area contributed by atoms with E-state index in [-0.39, 0.29) is 19.1 Å². The third-order valence-electron chi connectivity index (χ3n) is 5.27. The number of aromatic nitrogens is 2. The van der Waals surface area contributed by atoms with Crippen LogP contribution in [0.15, 0.2) is 42.7 Å². The average molecular weight is 446 g/mol. The van der Waals surface area contributed by atoms with E-state index in [9.17, 15) is 4.79 Å². The van der Waals surface area contributed by atoms with E-state index in [4.69, 9.17) is 38.0 Å². The largest absolute Gasteiger partial charge is 0.481 e. The minimum atomic E-state index is -0.859. The lowest BCUT2D eigenvalue weighted by molar-refractivity contribution is -0.138. The Morgan fingerprint density at radius 2 is 2.17 bits per heavy atom. The van der Waals surface area contributed by atoms with Gasteiger partial charge in [0.15, 0.2) is 0 Å². The van der Waals surface area contributed by atoms with E-state index in [2.05, 4.69) is 16.0 Å². The molecule has 1 atom stereocenters. The van der Waals surface area contributed by atoms with Crippen LogP contribution in [0, 0.1) is 0 Å². The summed E-state index contributed by atoms with van der Waals surface area (Å²) in [5.41, 5.74) is 2.61. The van der Waals surface area contributed by atoms with Crippen molar-refractivity contribution in [1.29, 1.82) is 0 Å². The summed E-state index contributed by atoms with van der Waals surface area (Å²) in [7, 11) is 0. The molecular formula is C22H21Cl2N3O3. The molecule has 156 valence electrons. The molecule has 0 bridgehead atoms. The lowest BCUT2D eigenvalue weighted by Crippen LogP contribution is -2.34. The number of fused-ring (bicyclic) bond motifs is 1. The van der Waals surface area contributed by atoms with Gasteiger partial charge in [-0.1, -0.05) is 35.3 Å². The van der Waals surface area contributed by atoms with Crippen molar-refractivity contribution in [3.8, 4) is 11.1 Å². The van der Waals surface area contributed by atoms with Gasteiger partial charge >= 0.3 is 5.97 Å². The molecule has 1 N–H and O–H groups in total. The Labute approximate surface area is 184 Å². The van der Waals surface area contributed by atoms with E-state index < -0.39 is 5.97 Å². The van der Waals surface area contributed by atoms with Crippen molar-refractivity contribution in [3.05, 3.63) is 52.8 Å². The fourth-order valence-corrected chi connectivity index (χ4v) is 4.18. The maximum atomic E-state index is 10.7. The van der Waals surface area contributed by atoms with E-state index in [1.54, 1.807) is 12.3 Å². The predicted octanol–water partition coefficient (Wildman–Crippen LogP) is 5.06. The molecule has 6 nitrogen and oxygen atoms in total. The first-order chi connectivity index (χ1) is 14.5. The Kier molecular flexibility index (Phi) is 6.37. The zero-order valence-electron chi connectivity index (χ0n) is 16.2. The van der Waals surface area contributed by atoms with Crippen LogP contribution in [0.3, 0.4) is 0 Å². The van der Waals surface area contributed by atoms with Gasteiger partial charge in [0.1, 0.15) is 5.82 Å². The zero-order valence-corrected chi connectivity index (χ0v) is 17.7. The molecule has 1 aromatic carbocycles. The molecule has 3 heterocycles. The number of nitrogens with zero attached hydrogens (tertiary/aromatic N) is 3. The molecule has 2 aromatic heterocycles. The summed E-state index contributed by atoms with van der Waals surface area (Å²) in [5.74, 6) is -0.0584. The van der Waals surface area contributed by atoms with Crippen LogP contribution in [0.25, 0.3) is 22.0 Å². The van der Waals surface area contributed by atoms with Crippen molar-refractivity contribution in [1.82, 2.24) is 9.97 Å². The molecule has 1 aliphatic rings. The second-order valence-electron chi connectivity index (χ2n) is 7.24. The number of carbonyl (C=O) groups is 1. The normalized spacial score (nSPS) is 16.3. The molecule has 0 spiro atoms. The lowest BCUT2D eigenvalue weighted by atomic mass is 10.0. The SMILES string of the molecule is O=C(O)CCOC[C@@H]1CCCN1c1cc(-c2cccnc2)c2ccc(Cl)c(Cl)c2n1. The number of carboxylic acids is 1. The highest BCUT2D eigenvalue weighted by atomic mass is 35.5. The molecule has 4 rings (SSSR count). The summed E-state index contributed by atoms with van der Waals surface area (Å²) in [6.45, 7) is 1.50. The van der Waals surface area contributed by atoms with Gasteiger partial charge in [0, 0.05) is 29.9 Å². The highest BCUT2D eigenvalue weighted by molar-refractivity contribution is 6.45. The maximum Gasteiger partial charge on any atom is 0.305 e. The summed E-state index contributed by atoms with van der Waals surface area (Å²) in [6, 6.07) is 9.79. The maximum absolute atomic E-state index is 10.7. The minimum Gasteiger partial charge on any atom is -0.481 e. The van der Waals surface area contributed by atoms with Crippen molar-refractivity contribution in [2.24, 2.45) is 0 Å². The Hall–Kier alpha value is -2.41. The Bertz CT molecular complexity index is 1060. The second-order valence-corrected chi connectivity index (χ2v) is 8.02. The summed E-state index contributed by atoms with van der Waals surface area (Å²) < 4.78 is 5.62. The number of ether oxygens (including phenoxy) is 1. The third kappa shape index (κ3) is 4.36. The van der Waals surface area contributed by atoms with Crippen molar-refractivity contribution in [2.45, 2.75) is 25.3 Å². The second kappa shape index (κ2) is 9.16. The molecule has 1 aliphatic heterocycles. The van der Waals surface area contributed by atoms with Gasteiger partial charge in [-0.05, 0) is 36.6 Å². The summed E-state index contributed by atoms with van der Waals surface area (Å²) in [4.78, 5) is 22.0. The van der Waals surface area contributed by atoms with Gasteiger partial charge < -0.3 is 14.7 Å². The van der Waals surface area contributed by atoms with E-state index in [1.807, 2.05) is 24.4 Å². The highest BCUT2D eigenvalue weighted by Crippen LogP contribution is 2.38. The van der Waals surface area contributed by atoms with Gasteiger partial charge in [0.2, 0.25) is 0 Å². The number of hydrogen-bond acceptors (Lipinski definition) is 5. The van der Waals surface area contributed by atoms with E-state index in [0.717, 1.165) is 41.7 Å². The van der Waals surface area contributed by atoms with Gasteiger partial charge in [-0.2, -0.15) is 0 Å². The summed E-state index contributed by atoms with van der Waals surface area (Å²) in [5, 5.41) is 10.6. The van der Waals surface area contributed by atoms with Gasteiger partial charge in [0.25, 0.3) is 0 Å². The predicted molar refractivity (Wildman–Crippen MR) is 118 cm³/mol. The Morgan fingerprint density at radius 1 is 1.30 bits per heavy atom. The summed E-state index contributed by atoms with van der Waals surface area (Å²) >= 11 is 12.8. The van der Waals surface area contributed by atoms with Crippen LogP contribution in [0.1, 0.15) is 19.3 Å². The van der Waals surface area contributed by atoms with Gasteiger partial charge in [0.05, 0.1) is 41.2 Å². The number of carboxylic acid groups (broad SMARTS) is 1. The molecule has 30 heavy (non-hydrogen) atoms. The number of benzene rings is 1. The van der Waals surface area contributed by atoms with E-state index >= 15 is 0 Å². The third-order valence-corrected chi connectivity index (χ3v) is 6.07. The summed E-state index contributed by atoms with van der Waals surface area (Å²) in [6.07, 6.45) is 5.52. The minimum absolute atomic E-state index is 0.000205. The fourth-order valence-electron chi connectivity index (χ4n) is 3.82. The van der Waals surface area contributed by atoms with Crippen molar-refractivity contribution >= 4 is 45.9 Å². The number of rotatable bonds is 7. The average Bonchev–Trinajstić information content (AvgIpc) is 3.22. The van der Waals surface area contributed by atoms with Crippen LogP contribution in [-0.4, -0.2) is 46.8 Å². The molecule has 0 amide bonds. The fraction of sp³-hybridized carbons (Fsp3) is 0.318.